The normalized spacial score (nSPS) is 12.4. The SMILES string of the molecule is CC(C)CC(CNC(=O)c1cccc2nc(CCO)cn12)c1cccnc1. The maximum Gasteiger partial charge on any atom is 0.268 e. The van der Waals surface area contributed by atoms with Crippen LogP contribution in [0.25, 0.3) is 5.65 Å². The Bertz CT molecular complexity index is 890. The van der Waals surface area contributed by atoms with Crippen molar-refractivity contribution in [3.63, 3.8) is 0 Å². The van der Waals surface area contributed by atoms with E-state index in [0.717, 1.165) is 17.7 Å². The summed E-state index contributed by atoms with van der Waals surface area (Å²) in [5.41, 5.74) is 3.15. The molecule has 0 fully saturated rings. The second kappa shape index (κ2) is 8.77. The number of hydrogen-bond donors (Lipinski definition) is 2. The molecule has 142 valence electrons. The van der Waals surface area contributed by atoms with E-state index in [4.69, 9.17) is 5.11 Å². The lowest BCUT2D eigenvalue weighted by molar-refractivity contribution is 0.0943. The van der Waals surface area contributed by atoms with Gasteiger partial charge in [-0.15, -0.1) is 0 Å². The van der Waals surface area contributed by atoms with E-state index >= 15 is 0 Å². The van der Waals surface area contributed by atoms with Crippen LogP contribution in [0.5, 0.6) is 0 Å². The molecule has 3 rings (SSSR count). The summed E-state index contributed by atoms with van der Waals surface area (Å²) in [6.07, 6.45) is 6.89. The Kier molecular flexibility index (Phi) is 6.19. The number of aliphatic hydroxyl groups is 1. The number of hydrogen-bond acceptors (Lipinski definition) is 4. The van der Waals surface area contributed by atoms with E-state index in [2.05, 4.69) is 35.2 Å². The highest BCUT2D eigenvalue weighted by Gasteiger charge is 2.17. The molecule has 1 atom stereocenters. The van der Waals surface area contributed by atoms with Gasteiger partial charge in [0.15, 0.2) is 0 Å². The number of aliphatic hydroxyl groups excluding tert-OH is 1. The van der Waals surface area contributed by atoms with Crippen molar-refractivity contribution >= 4 is 11.6 Å². The smallest absolute Gasteiger partial charge is 0.268 e. The second-order valence-electron chi connectivity index (χ2n) is 7.17. The first-order valence-corrected chi connectivity index (χ1v) is 9.34. The Labute approximate surface area is 159 Å². The van der Waals surface area contributed by atoms with Gasteiger partial charge in [-0.25, -0.2) is 4.98 Å². The third-order valence-corrected chi connectivity index (χ3v) is 4.56. The van der Waals surface area contributed by atoms with Gasteiger partial charge in [-0.2, -0.15) is 0 Å². The largest absolute Gasteiger partial charge is 0.396 e. The number of nitrogens with zero attached hydrogens (tertiary/aromatic N) is 3. The number of fused-ring (bicyclic) bond motifs is 1. The summed E-state index contributed by atoms with van der Waals surface area (Å²) in [5.74, 6) is 0.603. The molecule has 0 bridgehead atoms. The van der Waals surface area contributed by atoms with Crippen molar-refractivity contribution in [1.82, 2.24) is 19.7 Å². The zero-order chi connectivity index (χ0) is 19.2. The third kappa shape index (κ3) is 4.71. The third-order valence-electron chi connectivity index (χ3n) is 4.56. The van der Waals surface area contributed by atoms with E-state index in [-0.39, 0.29) is 18.4 Å². The van der Waals surface area contributed by atoms with Gasteiger partial charge in [-0.1, -0.05) is 26.0 Å². The van der Waals surface area contributed by atoms with Gasteiger partial charge >= 0.3 is 0 Å². The van der Waals surface area contributed by atoms with Crippen LogP contribution in [0, 0.1) is 5.92 Å². The molecule has 0 aliphatic rings. The van der Waals surface area contributed by atoms with Gasteiger partial charge in [0.1, 0.15) is 11.3 Å². The summed E-state index contributed by atoms with van der Waals surface area (Å²) in [6, 6.07) is 9.46. The molecule has 6 heteroatoms. The molecule has 27 heavy (non-hydrogen) atoms. The number of aromatic nitrogens is 3. The zero-order valence-corrected chi connectivity index (χ0v) is 15.8. The molecule has 1 amide bonds. The van der Waals surface area contributed by atoms with E-state index in [1.807, 2.05) is 30.6 Å². The van der Waals surface area contributed by atoms with Crippen LogP contribution in [0.2, 0.25) is 0 Å². The molecule has 3 aromatic heterocycles. The van der Waals surface area contributed by atoms with Crippen molar-refractivity contribution in [3.05, 3.63) is 65.9 Å². The first-order chi connectivity index (χ1) is 13.1. The molecule has 0 aliphatic heterocycles. The predicted molar refractivity (Wildman–Crippen MR) is 105 cm³/mol. The van der Waals surface area contributed by atoms with Crippen LogP contribution in [0.3, 0.4) is 0 Å². The van der Waals surface area contributed by atoms with Crippen LogP contribution in [-0.2, 0) is 6.42 Å². The fourth-order valence-corrected chi connectivity index (χ4v) is 3.31. The van der Waals surface area contributed by atoms with E-state index < -0.39 is 0 Å². The molecule has 3 heterocycles. The molecule has 3 aromatic rings. The molecule has 0 saturated carbocycles. The topological polar surface area (TPSA) is 79.5 Å². The highest BCUT2D eigenvalue weighted by atomic mass is 16.3. The predicted octanol–water partition coefficient (Wildman–Crippen LogP) is 2.82. The molecule has 0 aromatic carbocycles. The van der Waals surface area contributed by atoms with Crippen LogP contribution in [0.1, 0.15) is 47.9 Å². The van der Waals surface area contributed by atoms with Crippen molar-refractivity contribution in [3.8, 4) is 0 Å². The summed E-state index contributed by atoms with van der Waals surface area (Å²) in [5, 5.41) is 12.2. The first-order valence-electron chi connectivity index (χ1n) is 9.34. The summed E-state index contributed by atoms with van der Waals surface area (Å²) < 4.78 is 1.78. The lowest BCUT2D eigenvalue weighted by atomic mass is 9.91. The molecular formula is C21H26N4O2. The van der Waals surface area contributed by atoms with E-state index in [1.54, 1.807) is 16.7 Å². The van der Waals surface area contributed by atoms with Gasteiger partial charge in [0.05, 0.1) is 5.69 Å². The zero-order valence-electron chi connectivity index (χ0n) is 15.8. The molecule has 6 nitrogen and oxygen atoms in total. The van der Waals surface area contributed by atoms with E-state index in [1.165, 1.54) is 0 Å². The molecule has 0 spiro atoms. The van der Waals surface area contributed by atoms with Crippen LogP contribution < -0.4 is 5.32 Å². The monoisotopic (exact) mass is 366 g/mol. The number of amides is 1. The number of carbonyl (C=O) groups is 1. The molecular weight excluding hydrogens is 340 g/mol. The Morgan fingerprint density at radius 1 is 1.26 bits per heavy atom. The van der Waals surface area contributed by atoms with Gasteiger partial charge in [0, 0.05) is 44.1 Å². The van der Waals surface area contributed by atoms with Gasteiger partial charge in [0.25, 0.3) is 5.91 Å². The minimum atomic E-state index is -0.133. The Balaban J connectivity index is 1.77. The maximum atomic E-state index is 12.8. The Hall–Kier alpha value is -2.73. The van der Waals surface area contributed by atoms with Crippen LogP contribution >= 0.6 is 0 Å². The lowest BCUT2D eigenvalue weighted by Crippen LogP contribution is -2.30. The van der Waals surface area contributed by atoms with Crippen LogP contribution in [0.15, 0.2) is 48.9 Å². The minimum Gasteiger partial charge on any atom is -0.396 e. The highest BCUT2D eigenvalue weighted by Crippen LogP contribution is 2.22. The van der Waals surface area contributed by atoms with Crippen molar-refractivity contribution in [2.75, 3.05) is 13.2 Å². The summed E-state index contributed by atoms with van der Waals surface area (Å²) in [7, 11) is 0. The number of carbonyl (C=O) groups excluding carboxylic acids is 1. The molecule has 0 aliphatic carbocycles. The molecule has 0 saturated heterocycles. The summed E-state index contributed by atoms with van der Waals surface area (Å²) in [6.45, 7) is 4.95. The van der Waals surface area contributed by atoms with Crippen molar-refractivity contribution in [2.24, 2.45) is 5.92 Å². The fourth-order valence-electron chi connectivity index (χ4n) is 3.31. The lowest BCUT2D eigenvalue weighted by Gasteiger charge is -2.20. The van der Waals surface area contributed by atoms with E-state index in [9.17, 15) is 4.79 Å². The van der Waals surface area contributed by atoms with Crippen molar-refractivity contribution in [2.45, 2.75) is 32.6 Å². The van der Waals surface area contributed by atoms with Gasteiger partial charge in [0.2, 0.25) is 0 Å². The number of rotatable bonds is 8. The van der Waals surface area contributed by atoms with Gasteiger partial charge in [-0.3, -0.25) is 14.2 Å². The molecule has 2 N–H and O–H groups in total. The highest BCUT2D eigenvalue weighted by molar-refractivity contribution is 5.93. The quantitative estimate of drug-likeness (QED) is 0.642. The number of nitrogens with one attached hydrogen (secondary N) is 1. The number of pyridine rings is 2. The first kappa shape index (κ1) is 19.0. The molecule has 0 radical (unpaired) electrons. The number of imidazole rings is 1. The molecule has 1 unspecified atom stereocenters. The van der Waals surface area contributed by atoms with Crippen LogP contribution in [0.4, 0.5) is 0 Å². The van der Waals surface area contributed by atoms with Crippen molar-refractivity contribution in [1.29, 1.82) is 0 Å². The average molecular weight is 366 g/mol. The standard InChI is InChI=1S/C21H26N4O2/c1-15(2)11-17(16-5-4-9-22-12-16)13-23-21(27)19-6-3-7-20-24-18(8-10-26)14-25(19)20/h3-7,9,12,14-15,17,26H,8,10-11,13H2,1-2H3,(H,23,27). The summed E-state index contributed by atoms with van der Waals surface area (Å²) >= 11 is 0. The van der Waals surface area contributed by atoms with Gasteiger partial charge in [-0.05, 0) is 36.1 Å². The second-order valence-corrected chi connectivity index (χ2v) is 7.17. The fraction of sp³-hybridized carbons (Fsp3) is 0.381. The average Bonchev–Trinajstić information content (AvgIpc) is 3.08. The van der Waals surface area contributed by atoms with Gasteiger partial charge < -0.3 is 10.4 Å². The summed E-state index contributed by atoms with van der Waals surface area (Å²) in [4.78, 5) is 21.5. The van der Waals surface area contributed by atoms with E-state index in [0.29, 0.717) is 30.2 Å². The van der Waals surface area contributed by atoms with Crippen molar-refractivity contribution < 1.29 is 9.90 Å². The minimum absolute atomic E-state index is 0.0351. The Morgan fingerprint density at radius 3 is 2.81 bits per heavy atom. The Morgan fingerprint density at radius 2 is 2.11 bits per heavy atom. The van der Waals surface area contributed by atoms with Crippen LogP contribution in [-0.4, -0.2) is 38.5 Å². The maximum absolute atomic E-state index is 12.8.